The van der Waals surface area contributed by atoms with Crippen LogP contribution in [0.2, 0.25) is 0 Å². The first-order chi connectivity index (χ1) is 4.52. The summed E-state index contributed by atoms with van der Waals surface area (Å²) < 4.78 is 0. The molecule has 1 nitrogen and oxygen atoms in total. The molecule has 0 rings (SSSR count). The van der Waals surface area contributed by atoms with Crippen LogP contribution in [0.4, 0.5) is 0 Å². The number of rotatable bonds is 4. The van der Waals surface area contributed by atoms with Gasteiger partial charge in [-0.05, 0) is 25.7 Å². The predicted octanol–water partition coefficient (Wildman–Crippen LogP) is 2.33. The van der Waals surface area contributed by atoms with Gasteiger partial charge in [-0.3, -0.25) is 0 Å². The molecule has 0 aliphatic carbocycles. The highest BCUT2D eigenvalue weighted by Gasteiger charge is 2.00. The standard InChI is InChI=1S/C9H19N/c1-7(2)5-8(3)6-9(4)10/h7,9H,3,5-6,10H2,1-2,4H3. The van der Waals surface area contributed by atoms with Crippen molar-refractivity contribution in [3.8, 4) is 0 Å². The second-order valence-corrected chi connectivity index (χ2v) is 3.53. The van der Waals surface area contributed by atoms with E-state index in [1.54, 1.807) is 0 Å². The van der Waals surface area contributed by atoms with Crippen LogP contribution in [0.1, 0.15) is 33.6 Å². The molecule has 0 amide bonds. The quantitative estimate of drug-likeness (QED) is 0.597. The van der Waals surface area contributed by atoms with Crippen molar-refractivity contribution in [3.05, 3.63) is 12.2 Å². The third-order valence-corrected chi connectivity index (χ3v) is 1.31. The first-order valence-electron chi connectivity index (χ1n) is 3.94. The van der Waals surface area contributed by atoms with Gasteiger partial charge < -0.3 is 5.73 Å². The van der Waals surface area contributed by atoms with Crippen LogP contribution in [-0.2, 0) is 0 Å². The van der Waals surface area contributed by atoms with E-state index in [-0.39, 0.29) is 6.04 Å². The number of hydrogen-bond acceptors (Lipinski definition) is 1. The average molecular weight is 141 g/mol. The van der Waals surface area contributed by atoms with Gasteiger partial charge in [-0.25, -0.2) is 0 Å². The Morgan fingerprint density at radius 3 is 2.10 bits per heavy atom. The second-order valence-electron chi connectivity index (χ2n) is 3.53. The van der Waals surface area contributed by atoms with Gasteiger partial charge in [-0.15, -0.1) is 0 Å². The van der Waals surface area contributed by atoms with E-state index in [9.17, 15) is 0 Å². The lowest BCUT2D eigenvalue weighted by Crippen LogP contribution is -2.15. The van der Waals surface area contributed by atoms with Crippen LogP contribution in [0.25, 0.3) is 0 Å². The summed E-state index contributed by atoms with van der Waals surface area (Å²) in [4.78, 5) is 0. The van der Waals surface area contributed by atoms with Crippen LogP contribution in [0.15, 0.2) is 12.2 Å². The fourth-order valence-corrected chi connectivity index (χ4v) is 1.12. The Hall–Kier alpha value is -0.300. The molecule has 10 heavy (non-hydrogen) atoms. The highest BCUT2D eigenvalue weighted by atomic mass is 14.6. The molecule has 0 aliphatic rings. The van der Waals surface area contributed by atoms with Crippen molar-refractivity contribution >= 4 is 0 Å². The number of nitrogens with two attached hydrogens (primary N) is 1. The molecule has 0 fully saturated rings. The maximum absolute atomic E-state index is 5.61. The lowest BCUT2D eigenvalue weighted by molar-refractivity contribution is 0.604. The van der Waals surface area contributed by atoms with E-state index >= 15 is 0 Å². The largest absolute Gasteiger partial charge is 0.328 e. The smallest absolute Gasteiger partial charge is 0.00475 e. The van der Waals surface area contributed by atoms with Crippen molar-refractivity contribution < 1.29 is 0 Å². The van der Waals surface area contributed by atoms with Gasteiger partial charge in [0.1, 0.15) is 0 Å². The lowest BCUT2D eigenvalue weighted by Gasteiger charge is -2.10. The van der Waals surface area contributed by atoms with Crippen LogP contribution in [0.5, 0.6) is 0 Å². The van der Waals surface area contributed by atoms with E-state index in [0.29, 0.717) is 5.92 Å². The summed E-state index contributed by atoms with van der Waals surface area (Å²) in [6, 6.07) is 0.270. The third-order valence-electron chi connectivity index (χ3n) is 1.31. The van der Waals surface area contributed by atoms with E-state index in [2.05, 4.69) is 20.4 Å². The normalized spacial score (nSPS) is 13.7. The maximum atomic E-state index is 5.61. The Morgan fingerprint density at radius 1 is 1.30 bits per heavy atom. The summed E-state index contributed by atoms with van der Waals surface area (Å²) >= 11 is 0. The zero-order chi connectivity index (χ0) is 8.15. The van der Waals surface area contributed by atoms with Gasteiger partial charge in [0, 0.05) is 6.04 Å². The van der Waals surface area contributed by atoms with E-state index in [1.807, 2.05) is 6.92 Å². The molecule has 0 saturated carbocycles. The summed E-state index contributed by atoms with van der Waals surface area (Å²) in [5.41, 5.74) is 6.89. The third kappa shape index (κ3) is 5.83. The van der Waals surface area contributed by atoms with Crippen molar-refractivity contribution in [3.63, 3.8) is 0 Å². The molecule has 60 valence electrons. The molecule has 1 heteroatoms. The molecule has 0 bridgehead atoms. The lowest BCUT2D eigenvalue weighted by atomic mass is 9.99. The van der Waals surface area contributed by atoms with Crippen LogP contribution in [0.3, 0.4) is 0 Å². The topological polar surface area (TPSA) is 26.0 Å². The minimum absolute atomic E-state index is 0.270. The molecule has 1 atom stereocenters. The molecule has 0 heterocycles. The molecular weight excluding hydrogens is 122 g/mol. The summed E-state index contributed by atoms with van der Waals surface area (Å²) in [7, 11) is 0. The minimum atomic E-state index is 0.270. The van der Waals surface area contributed by atoms with Gasteiger partial charge in [-0.2, -0.15) is 0 Å². The Kier molecular flexibility index (Phi) is 4.37. The van der Waals surface area contributed by atoms with Crippen molar-refractivity contribution in [1.29, 1.82) is 0 Å². The molecule has 0 radical (unpaired) electrons. The summed E-state index contributed by atoms with van der Waals surface area (Å²) in [5, 5.41) is 0. The van der Waals surface area contributed by atoms with Crippen molar-refractivity contribution in [2.45, 2.75) is 39.7 Å². The zero-order valence-electron chi connectivity index (χ0n) is 7.35. The molecule has 0 saturated heterocycles. The summed E-state index contributed by atoms with van der Waals surface area (Å²) in [6.45, 7) is 10.4. The van der Waals surface area contributed by atoms with E-state index < -0.39 is 0 Å². The second kappa shape index (κ2) is 4.51. The maximum Gasteiger partial charge on any atom is 0.00475 e. The fraction of sp³-hybridized carbons (Fsp3) is 0.778. The monoisotopic (exact) mass is 141 g/mol. The molecule has 0 spiro atoms. The molecule has 0 aromatic rings. The molecule has 0 aliphatic heterocycles. The van der Waals surface area contributed by atoms with Crippen molar-refractivity contribution in [2.24, 2.45) is 11.7 Å². The Labute approximate surface area is 64.3 Å². The first kappa shape index (κ1) is 9.70. The Balaban J connectivity index is 3.44. The van der Waals surface area contributed by atoms with Gasteiger partial charge in [0.25, 0.3) is 0 Å². The first-order valence-corrected chi connectivity index (χ1v) is 3.94. The zero-order valence-corrected chi connectivity index (χ0v) is 7.35. The molecular formula is C9H19N. The van der Waals surface area contributed by atoms with Gasteiger partial charge in [-0.1, -0.05) is 26.0 Å². The molecule has 1 unspecified atom stereocenters. The van der Waals surface area contributed by atoms with Gasteiger partial charge in [0.2, 0.25) is 0 Å². The summed E-state index contributed by atoms with van der Waals surface area (Å²) in [6.07, 6.45) is 2.08. The van der Waals surface area contributed by atoms with Gasteiger partial charge >= 0.3 is 0 Å². The van der Waals surface area contributed by atoms with Crippen LogP contribution in [0, 0.1) is 5.92 Å². The van der Waals surface area contributed by atoms with Crippen LogP contribution < -0.4 is 5.73 Å². The SMILES string of the molecule is C=C(CC(C)C)CC(C)N. The van der Waals surface area contributed by atoms with Crippen LogP contribution >= 0.6 is 0 Å². The van der Waals surface area contributed by atoms with Gasteiger partial charge in [0.15, 0.2) is 0 Å². The molecule has 2 N–H and O–H groups in total. The average Bonchev–Trinajstić information content (AvgIpc) is 1.58. The van der Waals surface area contributed by atoms with Crippen molar-refractivity contribution in [1.82, 2.24) is 0 Å². The Morgan fingerprint density at radius 2 is 1.80 bits per heavy atom. The highest BCUT2D eigenvalue weighted by molar-refractivity contribution is 4.96. The molecule has 0 aromatic heterocycles. The van der Waals surface area contributed by atoms with Crippen LogP contribution in [-0.4, -0.2) is 6.04 Å². The summed E-state index contributed by atoms with van der Waals surface area (Å²) in [5.74, 6) is 0.714. The van der Waals surface area contributed by atoms with E-state index in [1.165, 1.54) is 5.57 Å². The van der Waals surface area contributed by atoms with E-state index in [4.69, 9.17) is 5.73 Å². The van der Waals surface area contributed by atoms with E-state index in [0.717, 1.165) is 12.8 Å². The van der Waals surface area contributed by atoms with Gasteiger partial charge in [0.05, 0.1) is 0 Å². The number of hydrogen-bond donors (Lipinski definition) is 1. The predicted molar refractivity (Wildman–Crippen MR) is 46.9 cm³/mol. The molecule has 0 aromatic carbocycles. The van der Waals surface area contributed by atoms with Crippen molar-refractivity contribution in [2.75, 3.05) is 0 Å². The minimum Gasteiger partial charge on any atom is -0.328 e. The Bertz CT molecular complexity index is 91.3. The fourth-order valence-electron chi connectivity index (χ4n) is 1.12. The highest BCUT2D eigenvalue weighted by Crippen LogP contribution is 2.12.